The molecule has 0 aromatic carbocycles. The van der Waals surface area contributed by atoms with E-state index in [9.17, 15) is 9.59 Å². The highest BCUT2D eigenvalue weighted by molar-refractivity contribution is 5.87. The van der Waals surface area contributed by atoms with E-state index in [1.807, 2.05) is 0 Å². The Bertz CT molecular complexity index is 474. The third-order valence-electron chi connectivity index (χ3n) is 3.19. The highest BCUT2D eigenvalue weighted by atomic mass is 16.5. The van der Waals surface area contributed by atoms with Gasteiger partial charge >= 0.3 is 5.97 Å². The molecule has 1 saturated heterocycles. The Morgan fingerprint density at radius 3 is 3.00 bits per heavy atom. The molecule has 2 rings (SSSR count). The van der Waals surface area contributed by atoms with Gasteiger partial charge in [-0.1, -0.05) is 0 Å². The molecule has 0 radical (unpaired) electrons. The summed E-state index contributed by atoms with van der Waals surface area (Å²) in [5, 5.41) is 8.76. The average molecular weight is 251 g/mol. The number of carboxylic acids is 1. The summed E-state index contributed by atoms with van der Waals surface area (Å²) in [4.78, 5) is 22.3. The third kappa shape index (κ3) is 3.20. The number of carboxylic acid groups (broad SMARTS) is 1. The molecular formula is C13H17NO4. The quantitative estimate of drug-likeness (QED) is 0.861. The Morgan fingerprint density at radius 2 is 2.39 bits per heavy atom. The minimum absolute atomic E-state index is 0.0374. The van der Waals surface area contributed by atoms with Crippen molar-refractivity contribution < 1.29 is 14.6 Å². The molecule has 0 bridgehead atoms. The summed E-state index contributed by atoms with van der Waals surface area (Å²) in [6.07, 6.45) is 5.93. The SMILES string of the molecule is O=C(O)c1ccn(CCCC2CCCO2)c(=O)c1. The normalized spacial score (nSPS) is 19.0. The number of hydrogen-bond acceptors (Lipinski definition) is 3. The molecule has 0 amide bonds. The Morgan fingerprint density at radius 1 is 1.56 bits per heavy atom. The summed E-state index contributed by atoms with van der Waals surface area (Å²) in [5.74, 6) is -1.07. The number of aromatic nitrogens is 1. The van der Waals surface area contributed by atoms with Crippen LogP contribution in [0.4, 0.5) is 0 Å². The molecule has 0 aliphatic carbocycles. The van der Waals surface area contributed by atoms with E-state index >= 15 is 0 Å². The first kappa shape index (κ1) is 12.8. The molecule has 5 heteroatoms. The summed E-state index contributed by atoms with van der Waals surface area (Å²) in [6, 6.07) is 2.62. The van der Waals surface area contributed by atoms with Gasteiger partial charge in [0, 0.05) is 25.4 Å². The van der Waals surface area contributed by atoms with Crippen LogP contribution in [0.3, 0.4) is 0 Å². The van der Waals surface area contributed by atoms with Crippen molar-refractivity contribution >= 4 is 5.97 Å². The van der Waals surface area contributed by atoms with Gasteiger partial charge in [-0.3, -0.25) is 4.79 Å². The summed E-state index contributed by atoms with van der Waals surface area (Å²) in [6.45, 7) is 1.45. The average Bonchev–Trinajstić information content (AvgIpc) is 2.84. The van der Waals surface area contributed by atoms with E-state index in [0.717, 1.165) is 38.4 Å². The smallest absolute Gasteiger partial charge is 0.335 e. The van der Waals surface area contributed by atoms with Crippen LogP contribution in [0.5, 0.6) is 0 Å². The molecule has 0 saturated carbocycles. The maximum absolute atomic E-state index is 11.6. The van der Waals surface area contributed by atoms with Crippen LogP contribution < -0.4 is 5.56 Å². The van der Waals surface area contributed by atoms with Crippen molar-refractivity contribution in [2.45, 2.75) is 38.3 Å². The van der Waals surface area contributed by atoms with E-state index in [1.54, 1.807) is 10.8 Å². The molecule has 1 fully saturated rings. The van der Waals surface area contributed by atoms with Crippen LogP contribution in [0.1, 0.15) is 36.0 Å². The number of pyridine rings is 1. The van der Waals surface area contributed by atoms with Crippen LogP contribution in [0.25, 0.3) is 0 Å². The second-order valence-corrected chi connectivity index (χ2v) is 4.53. The largest absolute Gasteiger partial charge is 0.478 e. The highest BCUT2D eigenvalue weighted by Crippen LogP contribution is 2.16. The van der Waals surface area contributed by atoms with Crippen LogP contribution in [0.2, 0.25) is 0 Å². The Hall–Kier alpha value is -1.62. The molecule has 1 atom stereocenters. The number of aryl methyl sites for hydroxylation is 1. The number of nitrogens with zero attached hydrogens (tertiary/aromatic N) is 1. The first-order valence-electron chi connectivity index (χ1n) is 6.22. The molecule has 98 valence electrons. The maximum Gasteiger partial charge on any atom is 0.335 e. The highest BCUT2D eigenvalue weighted by Gasteiger charge is 2.14. The zero-order chi connectivity index (χ0) is 13.0. The molecule has 1 aliphatic heterocycles. The van der Waals surface area contributed by atoms with Gasteiger partial charge in [0.15, 0.2) is 0 Å². The number of aromatic carboxylic acids is 1. The van der Waals surface area contributed by atoms with Crippen LogP contribution in [-0.2, 0) is 11.3 Å². The van der Waals surface area contributed by atoms with E-state index in [1.165, 1.54) is 6.07 Å². The minimum Gasteiger partial charge on any atom is -0.478 e. The first-order valence-corrected chi connectivity index (χ1v) is 6.22. The fourth-order valence-electron chi connectivity index (χ4n) is 2.19. The van der Waals surface area contributed by atoms with Crippen molar-refractivity contribution in [2.75, 3.05) is 6.61 Å². The molecule has 1 aromatic rings. The second kappa shape index (κ2) is 5.82. The van der Waals surface area contributed by atoms with Crippen molar-refractivity contribution in [1.29, 1.82) is 0 Å². The summed E-state index contributed by atoms with van der Waals surface area (Å²) < 4.78 is 7.05. The fourth-order valence-corrected chi connectivity index (χ4v) is 2.19. The van der Waals surface area contributed by atoms with Gasteiger partial charge in [-0.25, -0.2) is 4.79 Å². The second-order valence-electron chi connectivity index (χ2n) is 4.53. The predicted octanol–water partition coefficient (Wildman–Crippen LogP) is 1.51. The third-order valence-corrected chi connectivity index (χ3v) is 3.19. The lowest BCUT2D eigenvalue weighted by Gasteiger charge is -2.10. The van der Waals surface area contributed by atoms with Crippen LogP contribution in [-0.4, -0.2) is 28.4 Å². The molecule has 1 aromatic heterocycles. The zero-order valence-electron chi connectivity index (χ0n) is 10.2. The molecule has 2 heterocycles. The molecule has 1 N–H and O–H groups in total. The van der Waals surface area contributed by atoms with Crippen LogP contribution >= 0.6 is 0 Å². The van der Waals surface area contributed by atoms with E-state index in [0.29, 0.717) is 12.6 Å². The van der Waals surface area contributed by atoms with Gasteiger partial charge in [0.2, 0.25) is 0 Å². The van der Waals surface area contributed by atoms with Gasteiger partial charge in [0.05, 0.1) is 11.7 Å². The topological polar surface area (TPSA) is 68.5 Å². The Labute approximate surface area is 105 Å². The lowest BCUT2D eigenvalue weighted by molar-refractivity contribution is 0.0696. The summed E-state index contributed by atoms with van der Waals surface area (Å²) >= 11 is 0. The Kier molecular flexibility index (Phi) is 4.15. The number of carbonyl (C=O) groups is 1. The standard InChI is InChI=1S/C13H17NO4/c15-12-9-10(13(16)17)5-7-14(12)6-1-3-11-4-2-8-18-11/h5,7,9,11H,1-4,6,8H2,(H,16,17). The molecule has 18 heavy (non-hydrogen) atoms. The molecule has 0 spiro atoms. The van der Waals surface area contributed by atoms with Crippen molar-refractivity contribution in [3.8, 4) is 0 Å². The van der Waals surface area contributed by atoms with Crippen molar-refractivity contribution in [2.24, 2.45) is 0 Å². The van der Waals surface area contributed by atoms with E-state index in [4.69, 9.17) is 9.84 Å². The van der Waals surface area contributed by atoms with Crippen molar-refractivity contribution in [3.05, 3.63) is 34.2 Å². The van der Waals surface area contributed by atoms with E-state index < -0.39 is 5.97 Å². The molecule has 1 aliphatic rings. The summed E-state index contributed by atoms with van der Waals surface area (Å²) in [7, 11) is 0. The minimum atomic E-state index is -1.07. The monoisotopic (exact) mass is 251 g/mol. The number of hydrogen-bond donors (Lipinski definition) is 1. The van der Waals surface area contributed by atoms with Gasteiger partial charge in [0.25, 0.3) is 5.56 Å². The summed E-state index contributed by atoms with van der Waals surface area (Å²) in [5.41, 5.74) is -0.224. The fraction of sp³-hybridized carbons (Fsp3) is 0.538. The number of ether oxygens (including phenoxy) is 1. The van der Waals surface area contributed by atoms with Gasteiger partial charge in [-0.2, -0.15) is 0 Å². The van der Waals surface area contributed by atoms with Crippen molar-refractivity contribution in [1.82, 2.24) is 4.57 Å². The lowest BCUT2D eigenvalue weighted by Crippen LogP contribution is -2.21. The molecule has 1 unspecified atom stereocenters. The van der Waals surface area contributed by atoms with Crippen molar-refractivity contribution in [3.63, 3.8) is 0 Å². The van der Waals surface area contributed by atoms with Gasteiger partial charge in [-0.05, 0) is 31.7 Å². The van der Waals surface area contributed by atoms with E-state index in [-0.39, 0.29) is 11.1 Å². The number of rotatable bonds is 5. The lowest BCUT2D eigenvalue weighted by atomic mass is 10.1. The maximum atomic E-state index is 11.6. The van der Waals surface area contributed by atoms with Gasteiger partial charge < -0.3 is 14.4 Å². The van der Waals surface area contributed by atoms with Crippen LogP contribution in [0.15, 0.2) is 23.1 Å². The first-order chi connectivity index (χ1) is 8.66. The zero-order valence-corrected chi connectivity index (χ0v) is 10.2. The molecule has 5 nitrogen and oxygen atoms in total. The van der Waals surface area contributed by atoms with E-state index in [2.05, 4.69) is 0 Å². The van der Waals surface area contributed by atoms with Gasteiger partial charge in [0.1, 0.15) is 0 Å². The van der Waals surface area contributed by atoms with Gasteiger partial charge in [-0.15, -0.1) is 0 Å². The molecular weight excluding hydrogens is 234 g/mol. The Balaban J connectivity index is 1.89. The van der Waals surface area contributed by atoms with Crippen LogP contribution in [0, 0.1) is 0 Å². The predicted molar refractivity (Wildman–Crippen MR) is 65.9 cm³/mol.